The molecule has 0 N–H and O–H groups in total. The predicted molar refractivity (Wildman–Crippen MR) is 158 cm³/mol. The van der Waals surface area contributed by atoms with Crippen LogP contribution in [-0.4, -0.2) is 135 Å². The van der Waals surface area contributed by atoms with E-state index >= 15 is 0 Å². The summed E-state index contributed by atoms with van der Waals surface area (Å²) in [6.45, 7) is 12.3. The zero-order chi connectivity index (χ0) is 27.2. The number of rotatable bonds is 8. The maximum atomic E-state index is 6.52. The van der Waals surface area contributed by atoms with Crippen molar-refractivity contribution < 1.29 is 0 Å². The topological polar surface area (TPSA) is 31.8 Å². The standard InChI is InChI=1S/C25H61N7P2/c1-23(2,3)34(24(4,5)6,21-19-18-20-22-34)26-33(30(13)14,31(15)16)32(17)25(27(7)8,28(9)10)29(11)12/h18-22H2,1-17H3. The van der Waals surface area contributed by atoms with Crippen LogP contribution in [0.4, 0.5) is 0 Å². The van der Waals surface area contributed by atoms with Gasteiger partial charge in [-0.3, -0.25) is 0 Å². The average molecular weight is 522 g/mol. The third-order valence-electron chi connectivity index (χ3n) is 8.99. The molecule has 0 aromatic heterocycles. The van der Waals surface area contributed by atoms with Crippen LogP contribution in [0.3, 0.4) is 0 Å². The van der Waals surface area contributed by atoms with E-state index in [4.69, 9.17) is 4.52 Å². The van der Waals surface area contributed by atoms with Crippen LogP contribution in [0, 0.1) is 0 Å². The van der Waals surface area contributed by atoms with Crippen molar-refractivity contribution in [2.24, 2.45) is 4.52 Å². The van der Waals surface area contributed by atoms with Gasteiger partial charge in [0.25, 0.3) is 0 Å². The maximum absolute atomic E-state index is 6.52. The van der Waals surface area contributed by atoms with E-state index in [1.54, 1.807) is 0 Å². The first-order valence-corrected chi connectivity index (χ1v) is 17.1. The van der Waals surface area contributed by atoms with Gasteiger partial charge in [-0.15, -0.1) is 0 Å². The summed E-state index contributed by atoms with van der Waals surface area (Å²) in [7, 11) is 22.1. The molecule has 0 radical (unpaired) electrons. The van der Waals surface area contributed by atoms with E-state index in [2.05, 4.69) is 148 Å². The number of hydrogen-bond donors (Lipinski definition) is 0. The molecule has 1 aliphatic rings. The molecule has 9 heteroatoms. The van der Waals surface area contributed by atoms with Crippen molar-refractivity contribution in [2.45, 2.75) is 77.0 Å². The molecule has 1 aliphatic heterocycles. The second-order valence-corrected chi connectivity index (χ2v) is 23.9. The van der Waals surface area contributed by atoms with Gasteiger partial charge in [0, 0.05) is 0 Å². The van der Waals surface area contributed by atoms with E-state index in [-0.39, 0.29) is 10.3 Å². The van der Waals surface area contributed by atoms with E-state index in [1.165, 1.54) is 31.6 Å². The number of hydrogen-bond acceptors (Lipinski definition) is 4. The van der Waals surface area contributed by atoms with Crippen LogP contribution in [0.2, 0.25) is 0 Å². The van der Waals surface area contributed by atoms with Gasteiger partial charge in [0.05, 0.1) is 0 Å². The third kappa shape index (κ3) is 4.39. The Bertz CT molecular complexity index is 688. The Hall–Kier alpha value is 0.420. The summed E-state index contributed by atoms with van der Waals surface area (Å²) in [6.07, 6.45) is 6.44. The van der Waals surface area contributed by atoms with E-state index in [0.29, 0.717) is 0 Å². The molecular weight excluding hydrogens is 460 g/mol. The number of nitrogens with zero attached hydrogens (tertiary/aromatic N) is 7. The molecule has 1 fully saturated rings. The van der Waals surface area contributed by atoms with Crippen LogP contribution >= 0.6 is 14.3 Å². The van der Waals surface area contributed by atoms with Gasteiger partial charge in [-0.05, 0) is 0 Å². The molecule has 0 aliphatic carbocycles. The van der Waals surface area contributed by atoms with Gasteiger partial charge in [-0.2, -0.15) is 0 Å². The molecule has 0 atom stereocenters. The summed E-state index contributed by atoms with van der Waals surface area (Å²) in [4.78, 5) is 7.00. The Labute approximate surface area is 214 Å². The van der Waals surface area contributed by atoms with E-state index in [1.807, 2.05) is 0 Å². The predicted octanol–water partition coefficient (Wildman–Crippen LogP) is 5.53. The van der Waals surface area contributed by atoms with Crippen LogP contribution in [0.5, 0.6) is 0 Å². The Balaban J connectivity index is 4.45. The van der Waals surface area contributed by atoms with Gasteiger partial charge in [-0.1, -0.05) is 0 Å². The Kier molecular flexibility index (Phi) is 9.82. The molecule has 0 spiro atoms. The molecule has 1 rings (SSSR count). The summed E-state index contributed by atoms with van der Waals surface area (Å²) in [6, 6.07) is 0. The second-order valence-electron chi connectivity index (χ2n) is 13.4. The molecule has 1 heterocycles. The molecule has 0 aromatic carbocycles. The van der Waals surface area contributed by atoms with Crippen molar-refractivity contribution in [1.29, 1.82) is 0 Å². The van der Waals surface area contributed by atoms with Gasteiger partial charge in [0.2, 0.25) is 0 Å². The molecule has 0 bridgehead atoms. The first-order valence-electron chi connectivity index (χ1n) is 12.9. The van der Waals surface area contributed by atoms with E-state index in [0.717, 1.165) is 0 Å². The average Bonchev–Trinajstić information content (AvgIpc) is 2.64. The van der Waals surface area contributed by atoms with Crippen molar-refractivity contribution in [3.8, 4) is 0 Å². The molecule has 0 amide bonds. The summed E-state index contributed by atoms with van der Waals surface area (Å²) >= 11 is 0. The Morgan fingerprint density at radius 3 is 1.12 bits per heavy atom. The van der Waals surface area contributed by atoms with Gasteiger partial charge in [0.1, 0.15) is 0 Å². The van der Waals surface area contributed by atoms with Crippen molar-refractivity contribution >= 4 is 14.3 Å². The molecule has 0 unspecified atom stereocenters. The molecule has 206 valence electrons. The molecule has 7 nitrogen and oxygen atoms in total. The van der Waals surface area contributed by atoms with Crippen LogP contribution in [0.15, 0.2) is 4.52 Å². The van der Waals surface area contributed by atoms with Crippen LogP contribution in [0.25, 0.3) is 0 Å². The van der Waals surface area contributed by atoms with Gasteiger partial charge in [0.15, 0.2) is 0 Å². The van der Waals surface area contributed by atoms with Crippen molar-refractivity contribution in [3.05, 3.63) is 0 Å². The molecule has 34 heavy (non-hydrogen) atoms. The van der Waals surface area contributed by atoms with Crippen LogP contribution in [-0.2, 0) is 0 Å². The first-order chi connectivity index (χ1) is 15.1. The van der Waals surface area contributed by atoms with Crippen molar-refractivity contribution in [1.82, 2.24) is 28.7 Å². The van der Waals surface area contributed by atoms with E-state index < -0.39 is 20.2 Å². The monoisotopic (exact) mass is 521 g/mol. The summed E-state index contributed by atoms with van der Waals surface area (Å²) < 4.78 is 14.0. The molecule has 0 saturated carbocycles. The zero-order valence-corrected chi connectivity index (χ0v) is 27.8. The second kappa shape index (κ2) is 10.3. The zero-order valence-electron chi connectivity index (χ0n) is 26.1. The fourth-order valence-corrected chi connectivity index (χ4v) is 23.9. The van der Waals surface area contributed by atoms with Gasteiger partial charge >= 0.3 is 214 Å². The molecule has 1 saturated heterocycles. The first kappa shape index (κ1) is 32.4. The normalized spacial score (nSPS) is 21.6. The van der Waals surface area contributed by atoms with Crippen LogP contribution < -0.4 is 0 Å². The fraction of sp³-hybridized carbons (Fsp3) is 1.00. The van der Waals surface area contributed by atoms with Crippen molar-refractivity contribution in [3.63, 3.8) is 0 Å². The Morgan fingerprint density at radius 2 is 0.882 bits per heavy atom. The van der Waals surface area contributed by atoms with E-state index in [9.17, 15) is 0 Å². The minimum absolute atomic E-state index is 0.124. The van der Waals surface area contributed by atoms with Gasteiger partial charge in [-0.25, -0.2) is 0 Å². The van der Waals surface area contributed by atoms with Gasteiger partial charge < -0.3 is 0 Å². The SMILES string of the molecule is CN(C)C(N(C)C)(N(C)C)N(C)P(=NP1(C(C)(C)C)(C(C)(C)C)CCCCC1)(N(C)C)N(C)C. The molecular formula is C25H61N7P2. The minimum atomic E-state index is -2.67. The van der Waals surface area contributed by atoms with Crippen molar-refractivity contribution in [2.75, 3.05) is 89.8 Å². The van der Waals surface area contributed by atoms with Crippen LogP contribution in [0.1, 0.15) is 60.8 Å². The summed E-state index contributed by atoms with van der Waals surface area (Å²) in [5.41, 5.74) is 0. The summed E-state index contributed by atoms with van der Waals surface area (Å²) in [5, 5.41) is 0.249. The quantitative estimate of drug-likeness (QED) is 0.308. The third-order valence-corrected chi connectivity index (χ3v) is 23.8. The summed E-state index contributed by atoms with van der Waals surface area (Å²) in [5.74, 6) is -0.453. The fourth-order valence-electron chi connectivity index (χ4n) is 7.55. The Morgan fingerprint density at radius 1 is 0.559 bits per heavy atom. The molecule has 0 aromatic rings.